The number of ether oxygens (including phenoxy) is 1. The number of rotatable bonds is 3. The van der Waals surface area contributed by atoms with Crippen LogP contribution in [0.2, 0.25) is 0 Å². The number of imide groups is 1. The Labute approximate surface area is 123 Å². The quantitative estimate of drug-likeness (QED) is 0.899. The highest BCUT2D eigenvalue weighted by Gasteiger charge is 2.49. The molecule has 1 aromatic carbocycles. The van der Waals surface area contributed by atoms with Gasteiger partial charge < -0.3 is 15.4 Å². The third-order valence-electron chi connectivity index (χ3n) is 4.20. The molecule has 2 aliphatic heterocycles. The fourth-order valence-corrected chi connectivity index (χ4v) is 3.00. The summed E-state index contributed by atoms with van der Waals surface area (Å²) in [6, 6.07) is 6.81. The molecule has 2 heterocycles. The van der Waals surface area contributed by atoms with Gasteiger partial charge in [0.05, 0.1) is 30.9 Å². The van der Waals surface area contributed by atoms with Gasteiger partial charge in [0.2, 0.25) is 5.91 Å². The van der Waals surface area contributed by atoms with E-state index in [0.717, 1.165) is 5.56 Å². The van der Waals surface area contributed by atoms with E-state index in [9.17, 15) is 9.59 Å². The van der Waals surface area contributed by atoms with E-state index >= 15 is 0 Å². The number of amides is 3. The van der Waals surface area contributed by atoms with Crippen LogP contribution in [0.25, 0.3) is 0 Å². The molecule has 3 rings (SSSR count). The predicted molar refractivity (Wildman–Crippen MR) is 77.7 cm³/mol. The lowest BCUT2D eigenvalue weighted by atomic mass is 9.97. The van der Waals surface area contributed by atoms with Crippen molar-refractivity contribution in [2.45, 2.75) is 19.5 Å². The van der Waals surface area contributed by atoms with Crippen LogP contribution in [-0.4, -0.2) is 42.6 Å². The van der Waals surface area contributed by atoms with Gasteiger partial charge in [0, 0.05) is 13.1 Å². The molecule has 0 bridgehead atoms. The Morgan fingerprint density at radius 3 is 2.57 bits per heavy atom. The Kier molecular flexibility index (Phi) is 3.65. The highest BCUT2D eigenvalue weighted by Crippen LogP contribution is 2.31. The maximum absolute atomic E-state index is 12.6. The van der Waals surface area contributed by atoms with Crippen LogP contribution in [0.15, 0.2) is 24.3 Å². The highest BCUT2D eigenvalue weighted by atomic mass is 16.5. The van der Waals surface area contributed by atoms with Gasteiger partial charge in [-0.3, -0.25) is 4.79 Å². The van der Waals surface area contributed by atoms with E-state index in [2.05, 4.69) is 0 Å². The van der Waals surface area contributed by atoms with Crippen molar-refractivity contribution in [3.05, 3.63) is 29.8 Å². The molecule has 2 unspecified atom stereocenters. The Bertz CT molecular complexity index is 558. The number of anilines is 1. The summed E-state index contributed by atoms with van der Waals surface area (Å²) < 4.78 is 5.41. The molecular formula is C15H19N3O3. The van der Waals surface area contributed by atoms with Crippen molar-refractivity contribution in [2.75, 3.05) is 24.7 Å². The number of fused-ring (bicyclic) bond motifs is 1. The van der Waals surface area contributed by atoms with E-state index in [-0.39, 0.29) is 23.9 Å². The van der Waals surface area contributed by atoms with Gasteiger partial charge in [-0.1, -0.05) is 12.1 Å². The Hall–Kier alpha value is -1.92. The molecule has 6 heteroatoms. The largest absolute Gasteiger partial charge is 0.378 e. The monoisotopic (exact) mass is 289 g/mol. The van der Waals surface area contributed by atoms with Crippen LogP contribution in [-0.2, 0) is 16.1 Å². The lowest BCUT2D eigenvalue weighted by molar-refractivity contribution is -0.124. The smallest absolute Gasteiger partial charge is 0.331 e. The third-order valence-corrected chi connectivity index (χ3v) is 4.20. The van der Waals surface area contributed by atoms with Crippen LogP contribution in [0.4, 0.5) is 10.5 Å². The summed E-state index contributed by atoms with van der Waals surface area (Å²) in [7, 11) is 0. The van der Waals surface area contributed by atoms with Gasteiger partial charge in [-0.25, -0.2) is 9.69 Å². The first-order chi connectivity index (χ1) is 10.2. The minimum absolute atomic E-state index is 0.130. The van der Waals surface area contributed by atoms with Crippen molar-refractivity contribution in [1.29, 1.82) is 0 Å². The Morgan fingerprint density at radius 2 is 1.95 bits per heavy atom. The number of nitrogens with zero attached hydrogens (tertiary/aromatic N) is 2. The van der Waals surface area contributed by atoms with Crippen molar-refractivity contribution in [3.8, 4) is 0 Å². The second-order valence-electron chi connectivity index (χ2n) is 5.32. The SMILES string of the molecule is CCN1C(=O)N(c2ccc(CN)cc2)C(=O)C2COCC21. The lowest BCUT2D eigenvalue weighted by Gasteiger charge is -2.40. The molecule has 0 radical (unpaired) electrons. The Balaban J connectivity index is 1.95. The summed E-state index contributed by atoms with van der Waals surface area (Å²) in [4.78, 5) is 28.2. The zero-order valence-corrected chi connectivity index (χ0v) is 12.0. The molecule has 2 N–H and O–H groups in total. The summed E-state index contributed by atoms with van der Waals surface area (Å²) >= 11 is 0. The first kappa shape index (κ1) is 14.0. The molecule has 0 aromatic heterocycles. The molecule has 0 saturated carbocycles. The molecule has 2 saturated heterocycles. The topological polar surface area (TPSA) is 75.9 Å². The molecule has 2 aliphatic rings. The second-order valence-corrected chi connectivity index (χ2v) is 5.32. The highest BCUT2D eigenvalue weighted by molar-refractivity contribution is 6.17. The van der Waals surface area contributed by atoms with Crippen molar-refractivity contribution in [1.82, 2.24) is 4.90 Å². The first-order valence-corrected chi connectivity index (χ1v) is 7.18. The van der Waals surface area contributed by atoms with Crippen molar-refractivity contribution >= 4 is 17.6 Å². The van der Waals surface area contributed by atoms with Crippen LogP contribution in [0.1, 0.15) is 12.5 Å². The van der Waals surface area contributed by atoms with Gasteiger partial charge in [0.1, 0.15) is 0 Å². The minimum atomic E-state index is -0.269. The number of carbonyl (C=O) groups is 2. The zero-order chi connectivity index (χ0) is 15.0. The average Bonchev–Trinajstić information content (AvgIpc) is 2.98. The van der Waals surface area contributed by atoms with Crippen LogP contribution in [0.3, 0.4) is 0 Å². The van der Waals surface area contributed by atoms with Crippen molar-refractivity contribution in [2.24, 2.45) is 11.7 Å². The molecule has 3 amide bonds. The van der Waals surface area contributed by atoms with Crippen LogP contribution in [0.5, 0.6) is 0 Å². The third kappa shape index (κ3) is 2.20. The van der Waals surface area contributed by atoms with E-state index in [1.807, 2.05) is 19.1 Å². The fraction of sp³-hybridized carbons (Fsp3) is 0.467. The van der Waals surface area contributed by atoms with Crippen molar-refractivity contribution < 1.29 is 14.3 Å². The fourth-order valence-electron chi connectivity index (χ4n) is 3.00. The van der Waals surface area contributed by atoms with Gasteiger partial charge in [0.25, 0.3) is 0 Å². The summed E-state index contributed by atoms with van der Waals surface area (Å²) in [5.74, 6) is -0.440. The summed E-state index contributed by atoms with van der Waals surface area (Å²) in [5.41, 5.74) is 7.13. The number of urea groups is 1. The maximum Gasteiger partial charge on any atom is 0.331 e. The van der Waals surface area contributed by atoms with Gasteiger partial charge >= 0.3 is 6.03 Å². The molecule has 0 spiro atoms. The molecule has 112 valence electrons. The van der Waals surface area contributed by atoms with Crippen LogP contribution in [0, 0.1) is 5.92 Å². The summed E-state index contributed by atoms with van der Waals surface area (Å²) in [5, 5.41) is 0. The standard InChI is InChI=1S/C15H19N3O3/c1-2-17-13-9-21-8-12(13)14(19)18(15(17)20)11-5-3-10(7-16)4-6-11/h3-6,12-13H,2,7-9,16H2,1H3. The van der Waals surface area contributed by atoms with Crippen LogP contribution >= 0.6 is 0 Å². The van der Waals surface area contributed by atoms with Crippen LogP contribution < -0.4 is 10.6 Å². The van der Waals surface area contributed by atoms with E-state index in [1.165, 1.54) is 4.90 Å². The van der Waals surface area contributed by atoms with Crippen molar-refractivity contribution in [3.63, 3.8) is 0 Å². The number of likely N-dealkylation sites (N-methyl/N-ethyl adjacent to an activating group) is 1. The molecule has 2 atom stereocenters. The number of nitrogens with two attached hydrogens (primary N) is 1. The minimum Gasteiger partial charge on any atom is -0.378 e. The average molecular weight is 289 g/mol. The number of benzene rings is 1. The normalized spacial score (nSPS) is 25.4. The first-order valence-electron chi connectivity index (χ1n) is 7.18. The van der Waals surface area contributed by atoms with Gasteiger partial charge in [0.15, 0.2) is 0 Å². The van der Waals surface area contributed by atoms with E-state index < -0.39 is 0 Å². The zero-order valence-electron chi connectivity index (χ0n) is 12.0. The molecule has 6 nitrogen and oxygen atoms in total. The number of hydrogen-bond donors (Lipinski definition) is 1. The summed E-state index contributed by atoms with van der Waals surface area (Å²) in [6.07, 6.45) is 0. The summed E-state index contributed by atoms with van der Waals surface area (Å²) in [6.45, 7) is 3.73. The number of hydrogen-bond acceptors (Lipinski definition) is 4. The van der Waals surface area contributed by atoms with Gasteiger partial charge in [-0.05, 0) is 24.6 Å². The van der Waals surface area contributed by atoms with Gasteiger partial charge in [-0.2, -0.15) is 0 Å². The second kappa shape index (κ2) is 5.46. The Morgan fingerprint density at radius 1 is 1.24 bits per heavy atom. The molecule has 0 aliphatic carbocycles. The molecule has 2 fully saturated rings. The van der Waals surface area contributed by atoms with E-state index in [1.54, 1.807) is 17.0 Å². The van der Waals surface area contributed by atoms with E-state index in [4.69, 9.17) is 10.5 Å². The number of carbonyl (C=O) groups excluding carboxylic acids is 2. The van der Waals surface area contributed by atoms with Gasteiger partial charge in [-0.15, -0.1) is 0 Å². The maximum atomic E-state index is 12.6. The molecule has 1 aromatic rings. The van der Waals surface area contributed by atoms with E-state index in [0.29, 0.717) is 32.0 Å². The molecule has 21 heavy (non-hydrogen) atoms. The lowest BCUT2D eigenvalue weighted by Crippen LogP contribution is -2.61. The predicted octanol–water partition coefficient (Wildman–Crippen LogP) is 0.949. The molecular weight excluding hydrogens is 270 g/mol.